The lowest BCUT2D eigenvalue weighted by molar-refractivity contribution is 0.0696. The summed E-state index contributed by atoms with van der Waals surface area (Å²) in [7, 11) is 0. The fourth-order valence-electron chi connectivity index (χ4n) is 2.04. The number of rotatable bonds is 3. The second kappa shape index (κ2) is 8.31. The first-order valence-electron chi connectivity index (χ1n) is 7.39. The zero-order valence-electron chi connectivity index (χ0n) is 13.2. The first-order chi connectivity index (χ1) is 12.0. The number of phenolic OH excluding ortho intramolecular Hbond substituents is 2. The molecule has 0 aliphatic carbocycles. The molecule has 3 aromatic rings. The first-order valence-corrected chi connectivity index (χ1v) is 7.39. The Kier molecular flexibility index (Phi) is 5.90. The van der Waals surface area contributed by atoms with Crippen molar-refractivity contribution in [3.8, 4) is 11.5 Å². The van der Waals surface area contributed by atoms with Gasteiger partial charge >= 0.3 is 5.97 Å². The van der Waals surface area contributed by atoms with E-state index < -0.39 is 5.97 Å². The maximum absolute atomic E-state index is 11.9. The number of ketones is 1. The van der Waals surface area contributed by atoms with E-state index in [0.29, 0.717) is 11.1 Å². The lowest BCUT2D eigenvalue weighted by Crippen LogP contribution is -2.01. The lowest BCUT2D eigenvalue weighted by atomic mass is 10.0. The van der Waals surface area contributed by atoms with Gasteiger partial charge in [0.15, 0.2) is 17.3 Å². The minimum atomic E-state index is -0.879. The molecule has 0 heterocycles. The van der Waals surface area contributed by atoms with Gasteiger partial charge in [-0.15, -0.1) is 0 Å². The minimum Gasteiger partial charge on any atom is -0.504 e. The van der Waals surface area contributed by atoms with Crippen LogP contribution in [0.3, 0.4) is 0 Å². The van der Waals surface area contributed by atoms with Crippen LogP contribution in [0.2, 0.25) is 0 Å². The van der Waals surface area contributed by atoms with Gasteiger partial charge in [0, 0.05) is 5.56 Å². The van der Waals surface area contributed by atoms with E-state index in [9.17, 15) is 19.8 Å². The predicted octanol–water partition coefficient (Wildman–Crippen LogP) is 3.71. The van der Waals surface area contributed by atoms with Crippen molar-refractivity contribution < 1.29 is 24.9 Å². The number of aromatic hydroxyl groups is 2. The Balaban J connectivity index is 0.000000212. The molecular formula is C20H16O5. The van der Waals surface area contributed by atoms with Crippen LogP contribution >= 0.6 is 0 Å². The lowest BCUT2D eigenvalue weighted by Gasteiger charge is -2.04. The third-order valence-corrected chi connectivity index (χ3v) is 3.32. The summed E-state index contributed by atoms with van der Waals surface area (Å²) in [5.41, 5.74) is 0.909. The molecule has 0 amide bonds. The first kappa shape index (κ1) is 17.7. The third-order valence-electron chi connectivity index (χ3n) is 3.32. The molecule has 0 aliphatic heterocycles. The Morgan fingerprint density at radius 2 is 1.16 bits per heavy atom. The van der Waals surface area contributed by atoms with E-state index in [2.05, 4.69) is 0 Å². The number of carboxylic acids is 1. The van der Waals surface area contributed by atoms with E-state index in [1.165, 1.54) is 18.2 Å². The summed E-state index contributed by atoms with van der Waals surface area (Å²) in [6.45, 7) is 0. The van der Waals surface area contributed by atoms with E-state index >= 15 is 0 Å². The summed E-state index contributed by atoms with van der Waals surface area (Å²) in [6.07, 6.45) is 0. The van der Waals surface area contributed by atoms with Gasteiger partial charge in [0.2, 0.25) is 0 Å². The van der Waals surface area contributed by atoms with Crippen molar-refractivity contribution in [2.45, 2.75) is 0 Å². The summed E-state index contributed by atoms with van der Waals surface area (Å²) in [5, 5.41) is 27.2. The topological polar surface area (TPSA) is 94.8 Å². The van der Waals surface area contributed by atoms with Gasteiger partial charge in [0.25, 0.3) is 0 Å². The van der Waals surface area contributed by atoms with Gasteiger partial charge in [-0.05, 0) is 24.3 Å². The number of aromatic carboxylic acids is 1. The Morgan fingerprint density at radius 1 is 0.640 bits per heavy atom. The number of phenols is 2. The zero-order chi connectivity index (χ0) is 18.2. The maximum Gasteiger partial charge on any atom is 0.335 e. The second-order valence-corrected chi connectivity index (χ2v) is 5.04. The highest BCUT2D eigenvalue weighted by Gasteiger charge is 2.15. The standard InChI is InChI=1S/C13H10O3.C7H6O2/c14-11-8-4-7-10(13(11)16)12(15)9-5-2-1-3-6-9;8-7(9)6-4-2-1-3-5-6/h1-8,14,16H;1-5H,(H,8,9). The van der Waals surface area contributed by atoms with Crippen LogP contribution in [0.25, 0.3) is 0 Å². The zero-order valence-corrected chi connectivity index (χ0v) is 13.2. The number of carbonyl (C=O) groups is 2. The number of para-hydroxylation sites is 1. The van der Waals surface area contributed by atoms with Gasteiger partial charge in [-0.3, -0.25) is 4.79 Å². The molecule has 0 saturated heterocycles. The van der Waals surface area contributed by atoms with Crippen molar-refractivity contribution in [2.75, 3.05) is 0 Å². The van der Waals surface area contributed by atoms with Gasteiger partial charge in [-0.1, -0.05) is 54.6 Å². The van der Waals surface area contributed by atoms with Crippen LogP contribution in [-0.2, 0) is 0 Å². The highest BCUT2D eigenvalue weighted by atomic mass is 16.4. The van der Waals surface area contributed by atoms with E-state index in [1.807, 2.05) is 0 Å². The highest BCUT2D eigenvalue weighted by Crippen LogP contribution is 2.29. The van der Waals surface area contributed by atoms with Crippen molar-refractivity contribution in [1.29, 1.82) is 0 Å². The fraction of sp³-hybridized carbons (Fsp3) is 0. The molecule has 0 saturated carbocycles. The number of benzene rings is 3. The monoisotopic (exact) mass is 336 g/mol. The summed E-state index contributed by atoms with van der Waals surface area (Å²) in [4.78, 5) is 22.1. The van der Waals surface area contributed by atoms with Crippen molar-refractivity contribution in [2.24, 2.45) is 0 Å². The molecule has 0 atom stereocenters. The molecule has 0 fully saturated rings. The molecule has 3 rings (SSSR count). The Bertz CT molecular complexity index is 858. The van der Waals surface area contributed by atoms with Gasteiger partial charge in [0.1, 0.15) is 0 Å². The normalized spacial score (nSPS) is 9.60. The fourth-order valence-corrected chi connectivity index (χ4v) is 2.04. The van der Waals surface area contributed by atoms with E-state index in [1.54, 1.807) is 60.7 Å². The molecule has 0 aliphatic rings. The number of hydrogen-bond acceptors (Lipinski definition) is 4. The van der Waals surface area contributed by atoms with E-state index in [4.69, 9.17) is 5.11 Å². The van der Waals surface area contributed by atoms with Crippen LogP contribution in [0.1, 0.15) is 26.3 Å². The molecule has 3 N–H and O–H groups in total. The molecule has 0 bridgehead atoms. The molecular weight excluding hydrogens is 320 g/mol. The number of carboxylic acid groups (broad SMARTS) is 1. The van der Waals surface area contributed by atoms with Gasteiger partial charge in [0.05, 0.1) is 11.1 Å². The van der Waals surface area contributed by atoms with Crippen molar-refractivity contribution in [3.63, 3.8) is 0 Å². The van der Waals surface area contributed by atoms with Crippen LogP contribution in [0.5, 0.6) is 11.5 Å². The largest absolute Gasteiger partial charge is 0.504 e. The maximum atomic E-state index is 11.9. The Hall–Kier alpha value is -3.60. The molecule has 0 unspecified atom stereocenters. The van der Waals surface area contributed by atoms with E-state index in [0.717, 1.165) is 0 Å². The summed E-state index contributed by atoms with van der Waals surface area (Å²) in [5.74, 6) is -1.86. The van der Waals surface area contributed by atoms with Crippen molar-refractivity contribution in [3.05, 3.63) is 95.6 Å². The second-order valence-electron chi connectivity index (χ2n) is 5.04. The molecule has 0 radical (unpaired) electrons. The van der Waals surface area contributed by atoms with Gasteiger partial charge < -0.3 is 15.3 Å². The molecule has 5 nitrogen and oxygen atoms in total. The van der Waals surface area contributed by atoms with Gasteiger partial charge in [-0.25, -0.2) is 4.79 Å². The molecule has 126 valence electrons. The van der Waals surface area contributed by atoms with Crippen molar-refractivity contribution in [1.82, 2.24) is 0 Å². The smallest absolute Gasteiger partial charge is 0.335 e. The van der Waals surface area contributed by atoms with Crippen LogP contribution < -0.4 is 0 Å². The number of carbonyl (C=O) groups excluding carboxylic acids is 1. The predicted molar refractivity (Wildman–Crippen MR) is 93.0 cm³/mol. The summed E-state index contributed by atoms with van der Waals surface area (Å²) < 4.78 is 0. The average molecular weight is 336 g/mol. The van der Waals surface area contributed by atoms with E-state index in [-0.39, 0.29) is 22.8 Å². The Labute approximate surface area is 144 Å². The van der Waals surface area contributed by atoms with Crippen LogP contribution in [0.15, 0.2) is 78.9 Å². The minimum absolute atomic E-state index is 0.103. The van der Waals surface area contributed by atoms with Crippen LogP contribution in [-0.4, -0.2) is 27.1 Å². The Morgan fingerprint density at radius 3 is 1.64 bits per heavy atom. The van der Waals surface area contributed by atoms with Crippen LogP contribution in [0, 0.1) is 0 Å². The quantitative estimate of drug-likeness (QED) is 0.500. The van der Waals surface area contributed by atoms with Crippen LogP contribution in [0.4, 0.5) is 0 Å². The SMILES string of the molecule is O=C(O)c1ccccc1.O=C(c1ccccc1)c1cccc(O)c1O. The molecule has 0 aromatic heterocycles. The molecule has 25 heavy (non-hydrogen) atoms. The van der Waals surface area contributed by atoms with Crippen molar-refractivity contribution >= 4 is 11.8 Å². The molecule has 0 spiro atoms. The summed E-state index contributed by atoms with van der Waals surface area (Å²) in [6, 6.07) is 21.2. The third kappa shape index (κ3) is 4.68. The summed E-state index contributed by atoms with van der Waals surface area (Å²) >= 11 is 0. The number of hydrogen-bond donors (Lipinski definition) is 3. The van der Waals surface area contributed by atoms with Gasteiger partial charge in [-0.2, -0.15) is 0 Å². The molecule has 5 heteroatoms. The molecule has 3 aromatic carbocycles. The average Bonchev–Trinajstić information content (AvgIpc) is 2.65. The highest BCUT2D eigenvalue weighted by molar-refractivity contribution is 6.11.